The van der Waals surface area contributed by atoms with Crippen molar-refractivity contribution in [3.05, 3.63) is 11.4 Å². The summed E-state index contributed by atoms with van der Waals surface area (Å²) in [6, 6.07) is 2.67. The van der Waals surface area contributed by atoms with E-state index in [-0.39, 0.29) is 0 Å². The topological polar surface area (TPSA) is 28.2 Å². The summed E-state index contributed by atoms with van der Waals surface area (Å²) in [5.74, 6) is 1.13. The minimum absolute atomic E-state index is 0.584. The molecular weight excluding hydrogens is 170 g/mol. The van der Waals surface area contributed by atoms with Gasteiger partial charge in [0.15, 0.2) is 0 Å². The lowest BCUT2D eigenvalue weighted by molar-refractivity contribution is 0.483. The van der Waals surface area contributed by atoms with Crippen LogP contribution in [-0.2, 0) is 0 Å². The SMILES string of the molecule is CC1CN(c2ccsn2)CCN1. The Morgan fingerprint density at radius 3 is 3.33 bits per heavy atom. The molecule has 1 unspecified atom stereocenters. The fourth-order valence-electron chi connectivity index (χ4n) is 1.51. The van der Waals surface area contributed by atoms with E-state index >= 15 is 0 Å². The lowest BCUT2D eigenvalue weighted by atomic mass is 10.2. The third-order valence-corrected chi connectivity index (χ3v) is 2.67. The zero-order valence-corrected chi connectivity index (χ0v) is 7.97. The van der Waals surface area contributed by atoms with Crippen LogP contribution < -0.4 is 10.2 Å². The first kappa shape index (κ1) is 8.01. The van der Waals surface area contributed by atoms with Crippen molar-refractivity contribution in [3.63, 3.8) is 0 Å². The van der Waals surface area contributed by atoms with Crippen LogP contribution in [-0.4, -0.2) is 30.0 Å². The molecule has 0 spiro atoms. The molecule has 1 aromatic heterocycles. The van der Waals surface area contributed by atoms with Gasteiger partial charge in [0.2, 0.25) is 0 Å². The first-order chi connectivity index (χ1) is 5.86. The Morgan fingerprint density at radius 2 is 2.67 bits per heavy atom. The van der Waals surface area contributed by atoms with Gasteiger partial charge in [-0.2, -0.15) is 4.37 Å². The fourth-order valence-corrected chi connectivity index (χ4v) is 2.04. The Labute approximate surface area is 76.6 Å². The molecule has 0 aromatic carbocycles. The monoisotopic (exact) mass is 183 g/mol. The molecule has 1 fully saturated rings. The van der Waals surface area contributed by atoms with Gasteiger partial charge in [0.25, 0.3) is 0 Å². The maximum atomic E-state index is 4.31. The van der Waals surface area contributed by atoms with E-state index in [2.05, 4.69) is 27.6 Å². The number of piperazine rings is 1. The second-order valence-corrected chi connectivity index (χ2v) is 3.82. The maximum absolute atomic E-state index is 4.31. The number of hydrogen-bond donors (Lipinski definition) is 1. The highest BCUT2D eigenvalue weighted by Gasteiger charge is 2.16. The number of nitrogens with zero attached hydrogens (tertiary/aromatic N) is 2. The number of rotatable bonds is 1. The predicted octanol–water partition coefficient (Wildman–Crippen LogP) is 0.941. The maximum Gasteiger partial charge on any atom is 0.142 e. The summed E-state index contributed by atoms with van der Waals surface area (Å²) in [6.45, 7) is 5.43. The van der Waals surface area contributed by atoms with Crippen LogP contribution in [0, 0.1) is 0 Å². The van der Waals surface area contributed by atoms with Gasteiger partial charge in [-0.3, -0.25) is 0 Å². The molecule has 0 bridgehead atoms. The van der Waals surface area contributed by atoms with Crippen LogP contribution in [0.15, 0.2) is 11.4 Å². The predicted molar refractivity (Wildman–Crippen MR) is 51.8 cm³/mol. The zero-order valence-electron chi connectivity index (χ0n) is 7.16. The highest BCUT2D eigenvalue weighted by atomic mass is 32.1. The molecule has 1 N–H and O–H groups in total. The van der Waals surface area contributed by atoms with Crippen LogP contribution in [0.5, 0.6) is 0 Å². The fraction of sp³-hybridized carbons (Fsp3) is 0.625. The Morgan fingerprint density at radius 1 is 1.75 bits per heavy atom. The van der Waals surface area contributed by atoms with Gasteiger partial charge in [-0.05, 0) is 24.5 Å². The molecule has 3 nitrogen and oxygen atoms in total. The molecule has 0 radical (unpaired) electrons. The summed E-state index contributed by atoms with van der Waals surface area (Å²) in [6.07, 6.45) is 0. The molecule has 1 atom stereocenters. The van der Waals surface area contributed by atoms with Gasteiger partial charge in [0.05, 0.1) is 0 Å². The highest BCUT2D eigenvalue weighted by Crippen LogP contribution is 2.14. The lowest BCUT2D eigenvalue weighted by Gasteiger charge is -2.31. The van der Waals surface area contributed by atoms with E-state index in [4.69, 9.17) is 0 Å². The second kappa shape index (κ2) is 3.41. The lowest BCUT2D eigenvalue weighted by Crippen LogP contribution is -2.49. The van der Waals surface area contributed by atoms with Gasteiger partial charge in [-0.1, -0.05) is 0 Å². The standard InChI is InChI=1S/C8H13N3S/c1-7-6-11(4-3-9-7)8-2-5-12-10-8/h2,5,7,9H,3-4,6H2,1H3. The second-order valence-electron chi connectivity index (χ2n) is 3.16. The van der Waals surface area contributed by atoms with Crippen molar-refractivity contribution in [2.75, 3.05) is 24.5 Å². The smallest absolute Gasteiger partial charge is 0.142 e. The molecular formula is C8H13N3S. The van der Waals surface area contributed by atoms with E-state index in [1.54, 1.807) is 0 Å². The van der Waals surface area contributed by atoms with Gasteiger partial charge in [-0.15, -0.1) is 0 Å². The molecule has 0 amide bonds. The third-order valence-electron chi connectivity index (χ3n) is 2.12. The van der Waals surface area contributed by atoms with Crippen molar-refractivity contribution in [1.29, 1.82) is 0 Å². The van der Waals surface area contributed by atoms with Gasteiger partial charge in [-0.25, -0.2) is 0 Å². The van der Waals surface area contributed by atoms with Crippen LogP contribution in [0.3, 0.4) is 0 Å². The van der Waals surface area contributed by atoms with E-state index in [1.165, 1.54) is 11.5 Å². The van der Waals surface area contributed by atoms with Crippen LogP contribution in [0.1, 0.15) is 6.92 Å². The molecule has 2 rings (SSSR count). The van der Waals surface area contributed by atoms with Crippen LogP contribution in [0.25, 0.3) is 0 Å². The van der Waals surface area contributed by atoms with Crippen LogP contribution in [0.2, 0.25) is 0 Å². The Hall–Kier alpha value is -0.610. The van der Waals surface area contributed by atoms with Crippen molar-refractivity contribution in [1.82, 2.24) is 9.69 Å². The van der Waals surface area contributed by atoms with E-state index in [0.717, 1.165) is 25.5 Å². The normalized spacial score (nSPS) is 24.4. The first-order valence-electron chi connectivity index (χ1n) is 4.25. The highest BCUT2D eigenvalue weighted by molar-refractivity contribution is 7.03. The van der Waals surface area contributed by atoms with Crippen molar-refractivity contribution in [2.45, 2.75) is 13.0 Å². The summed E-state index contributed by atoms with van der Waals surface area (Å²) in [5.41, 5.74) is 0. The average Bonchev–Trinajstić information content (AvgIpc) is 2.56. The van der Waals surface area contributed by atoms with Crippen LogP contribution >= 0.6 is 11.5 Å². The summed E-state index contributed by atoms with van der Waals surface area (Å²) in [4.78, 5) is 2.33. The van der Waals surface area contributed by atoms with Gasteiger partial charge in [0, 0.05) is 31.1 Å². The summed E-state index contributed by atoms with van der Waals surface area (Å²) in [5, 5.41) is 5.44. The van der Waals surface area contributed by atoms with E-state index in [0.29, 0.717) is 6.04 Å². The Kier molecular flexibility index (Phi) is 2.28. The van der Waals surface area contributed by atoms with Gasteiger partial charge in [0.1, 0.15) is 5.82 Å². The molecule has 0 saturated carbocycles. The molecule has 1 aromatic rings. The third kappa shape index (κ3) is 1.59. The number of hydrogen-bond acceptors (Lipinski definition) is 4. The average molecular weight is 183 g/mol. The van der Waals surface area contributed by atoms with Crippen molar-refractivity contribution < 1.29 is 0 Å². The van der Waals surface area contributed by atoms with Crippen molar-refractivity contribution in [2.24, 2.45) is 0 Å². The summed E-state index contributed by atoms with van der Waals surface area (Å²) >= 11 is 1.52. The Bertz CT molecular complexity index is 234. The molecule has 1 saturated heterocycles. The number of nitrogens with one attached hydrogen (secondary N) is 1. The van der Waals surface area contributed by atoms with E-state index in [1.807, 2.05) is 5.38 Å². The minimum atomic E-state index is 0.584. The number of anilines is 1. The van der Waals surface area contributed by atoms with Gasteiger partial charge < -0.3 is 10.2 Å². The molecule has 1 aliphatic heterocycles. The number of aromatic nitrogens is 1. The van der Waals surface area contributed by atoms with E-state index in [9.17, 15) is 0 Å². The zero-order chi connectivity index (χ0) is 8.39. The van der Waals surface area contributed by atoms with Crippen molar-refractivity contribution >= 4 is 17.4 Å². The minimum Gasteiger partial charge on any atom is -0.353 e. The molecule has 4 heteroatoms. The Balaban J connectivity index is 2.04. The molecule has 0 aliphatic carbocycles. The quantitative estimate of drug-likeness (QED) is 0.702. The summed E-state index contributed by atoms with van der Waals surface area (Å²) in [7, 11) is 0. The largest absolute Gasteiger partial charge is 0.353 e. The first-order valence-corrected chi connectivity index (χ1v) is 5.08. The van der Waals surface area contributed by atoms with Crippen molar-refractivity contribution in [3.8, 4) is 0 Å². The van der Waals surface area contributed by atoms with Crippen LogP contribution in [0.4, 0.5) is 5.82 Å². The molecule has 2 heterocycles. The van der Waals surface area contributed by atoms with Gasteiger partial charge >= 0.3 is 0 Å². The molecule has 1 aliphatic rings. The summed E-state index contributed by atoms with van der Waals surface area (Å²) < 4.78 is 4.31. The molecule has 12 heavy (non-hydrogen) atoms. The molecule has 66 valence electrons. The van der Waals surface area contributed by atoms with E-state index < -0.39 is 0 Å².